The van der Waals surface area contributed by atoms with Crippen molar-refractivity contribution in [3.05, 3.63) is 29.8 Å². The third-order valence-electron chi connectivity index (χ3n) is 2.14. The minimum absolute atomic E-state index is 0.651. The molecule has 0 spiro atoms. The number of para-hydroxylation sites is 1. The standard InChI is InChI=1S/C12H19NO2/c1-14-9-4-10-15-12-6-3-2-5-11(12)7-8-13/h2-3,5-6H,4,7-10,13H2,1H3. The maximum absolute atomic E-state index is 5.66. The highest BCUT2D eigenvalue weighted by atomic mass is 16.5. The van der Waals surface area contributed by atoms with Gasteiger partial charge in [-0.1, -0.05) is 18.2 Å². The van der Waals surface area contributed by atoms with Gasteiger partial charge in [0.05, 0.1) is 6.61 Å². The lowest BCUT2D eigenvalue weighted by Gasteiger charge is -2.10. The highest BCUT2D eigenvalue weighted by molar-refractivity contribution is 5.33. The van der Waals surface area contributed by atoms with Crippen LogP contribution in [0.15, 0.2) is 24.3 Å². The Kier molecular flexibility index (Phi) is 5.81. The Bertz CT molecular complexity index is 276. The monoisotopic (exact) mass is 209 g/mol. The second-order valence-electron chi connectivity index (χ2n) is 3.34. The second-order valence-corrected chi connectivity index (χ2v) is 3.34. The van der Waals surface area contributed by atoms with E-state index in [1.807, 2.05) is 18.2 Å². The highest BCUT2D eigenvalue weighted by Gasteiger charge is 2.01. The summed E-state index contributed by atoms with van der Waals surface area (Å²) < 4.78 is 10.6. The maximum Gasteiger partial charge on any atom is 0.122 e. The van der Waals surface area contributed by atoms with Gasteiger partial charge in [0.25, 0.3) is 0 Å². The summed E-state index contributed by atoms with van der Waals surface area (Å²) in [6.45, 7) is 2.08. The molecular formula is C12H19NO2. The van der Waals surface area contributed by atoms with Crippen LogP contribution in [0.3, 0.4) is 0 Å². The fourth-order valence-electron chi connectivity index (χ4n) is 1.39. The molecule has 84 valence electrons. The van der Waals surface area contributed by atoms with Gasteiger partial charge in [-0.05, 0) is 24.6 Å². The van der Waals surface area contributed by atoms with Crippen LogP contribution in [0.2, 0.25) is 0 Å². The van der Waals surface area contributed by atoms with Gasteiger partial charge in [0.2, 0.25) is 0 Å². The molecule has 1 aromatic carbocycles. The average molecular weight is 209 g/mol. The Labute approximate surface area is 91.2 Å². The highest BCUT2D eigenvalue weighted by Crippen LogP contribution is 2.18. The minimum atomic E-state index is 0.651. The molecule has 0 aliphatic rings. The number of ether oxygens (including phenoxy) is 2. The Morgan fingerprint density at radius 1 is 1.20 bits per heavy atom. The average Bonchev–Trinajstić information content (AvgIpc) is 2.27. The molecule has 0 aliphatic carbocycles. The van der Waals surface area contributed by atoms with Gasteiger partial charge in [-0.3, -0.25) is 0 Å². The molecule has 0 fully saturated rings. The molecule has 1 aromatic rings. The minimum Gasteiger partial charge on any atom is -0.493 e. The smallest absolute Gasteiger partial charge is 0.122 e. The van der Waals surface area contributed by atoms with Crippen LogP contribution in [-0.2, 0) is 11.2 Å². The summed E-state index contributed by atoms with van der Waals surface area (Å²) in [6.07, 6.45) is 1.77. The van der Waals surface area contributed by atoms with Crippen LogP contribution in [0, 0.1) is 0 Å². The first-order chi connectivity index (χ1) is 7.38. The van der Waals surface area contributed by atoms with Crippen molar-refractivity contribution in [2.24, 2.45) is 5.73 Å². The van der Waals surface area contributed by atoms with Gasteiger partial charge >= 0.3 is 0 Å². The molecule has 3 heteroatoms. The molecule has 0 aliphatic heterocycles. The van der Waals surface area contributed by atoms with Crippen LogP contribution in [-0.4, -0.2) is 26.9 Å². The van der Waals surface area contributed by atoms with Gasteiger partial charge in [0.15, 0.2) is 0 Å². The number of nitrogens with two attached hydrogens (primary N) is 1. The van der Waals surface area contributed by atoms with Gasteiger partial charge in [0.1, 0.15) is 5.75 Å². The normalized spacial score (nSPS) is 10.3. The largest absolute Gasteiger partial charge is 0.493 e. The molecule has 0 unspecified atom stereocenters. The van der Waals surface area contributed by atoms with E-state index in [0.717, 1.165) is 25.2 Å². The molecule has 0 saturated carbocycles. The Balaban J connectivity index is 2.44. The molecule has 1 rings (SSSR count). The zero-order valence-electron chi connectivity index (χ0n) is 9.24. The first-order valence-electron chi connectivity index (χ1n) is 5.28. The molecule has 0 atom stereocenters. The Morgan fingerprint density at radius 2 is 2.00 bits per heavy atom. The van der Waals surface area contributed by atoms with Gasteiger partial charge in [-0.25, -0.2) is 0 Å². The molecular weight excluding hydrogens is 190 g/mol. The molecule has 0 radical (unpaired) electrons. The quantitative estimate of drug-likeness (QED) is 0.694. The lowest BCUT2D eigenvalue weighted by Crippen LogP contribution is -2.07. The van der Waals surface area contributed by atoms with Crippen LogP contribution in [0.4, 0.5) is 0 Å². The van der Waals surface area contributed by atoms with E-state index >= 15 is 0 Å². The fourth-order valence-corrected chi connectivity index (χ4v) is 1.39. The van der Waals surface area contributed by atoms with E-state index in [1.54, 1.807) is 7.11 Å². The van der Waals surface area contributed by atoms with E-state index in [9.17, 15) is 0 Å². The summed E-state index contributed by atoms with van der Waals surface area (Å²) in [6, 6.07) is 8.02. The third kappa shape index (κ3) is 4.32. The van der Waals surface area contributed by atoms with Gasteiger partial charge in [0, 0.05) is 20.1 Å². The molecule has 0 amide bonds. The van der Waals surface area contributed by atoms with Crippen LogP contribution in [0.5, 0.6) is 5.75 Å². The molecule has 2 N–H and O–H groups in total. The maximum atomic E-state index is 5.66. The molecule has 0 bridgehead atoms. The number of benzene rings is 1. The van der Waals surface area contributed by atoms with Gasteiger partial charge < -0.3 is 15.2 Å². The van der Waals surface area contributed by atoms with E-state index in [1.165, 1.54) is 5.56 Å². The first-order valence-corrected chi connectivity index (χ1v) is 5.28. The Morgan fingerprint density at radius 3 is 2.73 bits per heavy atom. The van der Waals surface area contributed by atoms with Crippen LogP contribution in [0.25, 0.3) is 0 Å². The summed E-state index contributed by atoms with van der Waals surface area (Å²) in [7, 11) is 1.70. The summed E-state index contributed by atoms with van der Waals surface area (Å²) in [5.41, 5.74) is 6.71. The third-order valence-corrected chi connectivity index (χ3v) is 2.14. The number of hydrogen-bond donors (Lipinski definition) is 1. The van der Waals surface area contributed by atoms with Crippen molar-refractivity contribution >= 4 is 0 Å². The summed E-state index contributed by atoms with van der Waals surface area (Å²) in [4.78, 5) is 0. The first kappa shape index (κ1) is 12.0. The van der Waals surface area contributed by atoms with Crippen molar-refractivity contribution in [1.29, 1.82) is 0 Å². The van der Waals surface area contributed by atoms with Crippen molar-refractivity contribution in [2.75, 3.05) is 26.9 Å². The SMILES string of the molecule is COCCCOc1ccccc1CCN. The topological polar surface area (TPSA) is 44.5 Å². The van der Waals surface area contributed by atoms with Crippen molar-refractivity contribution < 1.29 is 9.47 Å². The van der Waals surface area contributed by atoms with E-state index in [0.29, 0.717) is 13.2 Å². The predicted octanol–water partition coefficient (Wildman–Crippen LogP) is 1.60. The van der Waals surface area contributed by atoms with Crippen molar-refractivity contribution in [3.8, 4) is 5.75 Å². The van der Waals surface area contributed by atoms with E-state index in [2.05, 4.69) is 6.07 Å². The summed E-state index contributed by atoms with van der Waals surface area (Å²) >= 11 is 0. The lowest BCUT2D eigenvalue weighted by atomic mass is 10.1. The van der Waals surface area contributed by atoms with Crippen molar-refractivity contribution in [3.63, 3.8) is 0 Å². The summed E-state index contributed by atoms with van der Waals surface area (Å²) in [5.74, 6) is 0.944. The lowest BCUT2D eigenvalue weighted by molar-refractivity contribution is 0.172. The van der Waals surface area contributed by atoms with Crippen molar-refractivity contribution in [2.45, 2.75) is 12.8 Å². The number of rotatable bonds is 7. The Hall–Kier alpha value is -1.06. The van der Waals surface area contributed by atoms with Gasteiger partial charge in [-0.2, -0.15) is 0 Å². The molecule has 3 nitrogen and oxygen atoms in total. The molecule has 0 heterocycles. The van der Waals surface area contributed by atoms with Gasteiger partial charge in [-0.15, -0.1) is 0 Å². The zero-order valence-corrected chi connectivity index (χ0v) is 9.24. The van der Waals surface area contributed by atoms with Crippen molar-refractivity contribution in [1.82, 2.24) is 0 Å². The second kappa shape index (κ2) is 7.26. The van der Waals surface area contributed by atoms with E-state index < -0.39 is 0 Å². The predicted molar refractivity (Wildman–Crippen MR) is 61.2 cm³/mol. The number of methoxy groups -OCH3 is 1. The fraction of sp³-hybridized carbons (Fsp3) is 0.500. The molecule has 0 saturated heterocycles. The van der Waals surface area contributed by atoms with E-state index in [4.69, 9.17) is 15.2 Å². The zero-order chi connectivity index (χ0) is 10.9. The van der Waals surface area contributed by atoms with Crippen LogP contribution in [0.1, 0.15) is 12.0 Å². The molecule has 15 heavy (non-hydrogen) atoms. The van der Waals surface area contributed by atoms with Crippen LogP contribution < -0.4 is 10.5 Å². The van der Waals surface area contributed by atoms with Crippen LogP contribution >= 0.6 is 0 Å². The number of hydrogen-bond acceptors (Lipinski definition) is 3. The van der Waals surface area contributed by atoms with E-state index in [-0.39, 0.29) is 0 Å². The molecule has 0 aromatic heterocycles. The summed E-state index contributed by atoms with van der Waals surface area (Å²) in [5, 5.41) is 0.